The largest absolute Gasteiger partial charge is 0.481 e. The highest BCUT2D eigenvalue weighted by Crippen LogP contribution is 2.10. The third-order valence-corrected chi connectivity index (χ3v) is 12.2. The number of hydrogen-bond donors (Lipinski definition) is 18. The maximum atomic E-state index is 13.7. The van der Waals surface area contributed by atoms with E-state index >= 15 is 0 Å². The second-order valence-corrected chi connectivity index (χ2v) is 20.3. The molecule has 21 N–H and O–H groups in total. The van der Waals surface area contributed by atoms with Crippen LogP contribution < -0.4 is 75.7 Å². The maximum Gasteiger partial charge on any atom is 0.326 e. The number of imidazole rings is 2. The highest BCUT2D eigenvalue weighted by Gasteiger charge is 2.34. The fourth-order valence-corrected chi connectivity index (χ4v) is 7.67. The first kappa shape index (κ1) is 71.0. The highest BCUT2D eigenvalue weighted by atomic mass is 16.4. The lowest BCUT2D eigenvalue weighted by Gasteiger charge is -2.25. The van der Waals surface area contributed by atoms with Crippen LogP contribution in [0.1, 0.15) is 97.9 Å². The number of aliphatic carboxylic acids is 2. The summed E-state index contributed by atoms with van der Waals surface area (Å²) in [6.07, 6.45) is 4.86. The number of nitrogens with zero attached hydrogens (tertiary/aromatic N) is 2. The number of carbonyl (C=O) groups is 14. The topological polar surface area (TPSA) is 547 Å². The maximum absolute atomic E-state index is 13.7. The first-order chi connectivity index (χ1) is 39.5. The molecule has 0 aliphatic rings. The molecule has 9 atom stereocenters. The number of nitrogens with one attached hydrogen (secondary N) is 13. The molecule has 34 nitrogen and oxygen atoms in total. The zero-order valence-electron chi connectivity index (χ0n) is 47.6. The van der Waals surface area contributed by atoms with Crippen molar-refractivity contribution in [2.75, 3.05) is 26.2 Å². The molecule has 84 heavy (non-hydrogen) atoms. The van der Waals surface area contributed by atoms with Gasteiger partial charge in [-0.25, -0.2) is 14.8 Å². The summed E-state index contributed by atoms with van der Waals surface area (Å²) in [6.45, 7) is 7.04. The van der Waals surface area contributed by atoms with Crippen molar-refractivity contribution in [1.29, 1.82) is 0 Å². The molecule has 0 unspecified atom stereocenters. The Hall–Kier alpha value is -9.08. The Labute approximate surface area is 482 Å². The van der Waals surface area contributed by atoms with Gasteiger partial charge in [0, 0.05) is 31.7 Å². The summed E-state index contributed by atoms with van der Waals surface area (Å²) in [7, 11) is 0. The van der Waals surface area contributed by atoms with Crippen LogP contribution in [0.3, 0.4) is 0 Å². The van der Waals surface area contributed by atoms with Crippen molar-refractivity contribution in [1.82, 2.24) is 78.4 Å². The third-order valence-electron chi connectivity index (χ3n) is 12.2. The van der Waals surface area contributed by atoms with E-state index in [0.29, 0.717) is 17.8 Å². The van der Waals surface area contributed by atoms with E-state index in [-0.39, 0.29) is 44.6 Å². The molecule has 0 fully saturated rings. The number of hydrogen-bond acceptors (Lipinski definition) is 18. The quantitative estimate of drug-likeness (QED) is 0.0277. The number of aromatic amines is 2. The minimum Gasteiger partial charge on any atom is -0.481 e. The van der Waals surface area contributed by atoms with E-state index in [1.54, 1.807) is 20.0 Å². The molecule has 2 heterocycles. The van der Waals surface area contributed by atoms with Crippen molar-refractivity contribution < 1.29 is 77.3 Å². The lowest BCUT2D eigenvalue weighted by Crippen LogP contribution is -2.58. The summed E-state index contributed by atoms with van der Waals surface area (Å²) >= 11 is 0. The van der Waals surface area contributed by atoms with Crippen LogP contribution in [0.4, 0.5) is 0 Å². The van der Waals surface area contributed by atoms with Gasteiger partial charge in [0.15, 0.2) is 0 Å². The normalized spacial score (nSPS) is 14.2. The molecule has 0 aliphatic heterocycles. The van der Waals surface area contributed by atoms with Gasteiger partial charge in [-0.2, -0.15) is 0 Å². The van der Waals surface area contributed by atoms with Crippen molar-refractivity contribution in [3.8, 4) is 0 Å². The van der Waals surface area contributed by atoms with Gasteiger partial charge in [-0.15, -0.1) is 0 Å². The standard InChI is InChI=1S/C50H80N18O16/c1-24(2)13-33(67-48(81)34(15-29-18-55-23-60-29)66-44(77)30(52)14-28-17-54-22-59-28)45(78)58-19-37(70)56-20-38(71)61-27(6)43(76)64-31(9-7-8-12-51)47(80)65-32(10-11-36(53)69)46(79)62-26(5)42(75)57-21-39(72)63-35(16-40(73)74)49(82)68-41(25(3)4)50(83)84/h17-18,22-27,30-35,41H,7-16,19-21,51-52H2,1-6H3,(H2,53,69)(H,54,59)(H,55,60)(H,56,70)(H,57,75)(H,58,78)(H,61,71)(H,62,79)(H,63,72)(H,64,76)(H,65,80)(H,66,77)(H,67,81)(H,68,82)(H,73,74)(H,83,84)/t26-,27-,30-,31-,32-,33-,34-,35-,41-/m0/s1. The van der Waals surface area contributed by atoms with Gasteiger partial charge in [0.25, 0.3) is 0 Å². The van der Waals surface area contributed by atoms with Crippen LogP contribution in [-0.4, -0.2) is 194 Å². The predicted octanol–water partition coefficient (Wildman–Crippen LogP) is -6.83. The Morgan fingerprint density at radius 1 is 0.524 bits per heavy atom. The Balaban J connectivity index is 2.03. The van der Waals surface area contributed by atoms with E-state index in [1.807, 2.05) is 0 Å². The van der Waals surface area contributed by atoms with Crippen LogP contribution in [0.25, 0.3) is 0 Å². The number of unbranched alkanes of at least 4 members (excludes halogenated alkanes) is 1. The van der Waals surface area contributed by atoms with Crippen LogP contribution in [-0.2, 0) is 80.0 Å². The van der Waals surface area contributed by atoms with E-state index < -0.39 is 182 Å². The van der Waals surface area contributed by atoms with Crippen molar-refractivity contribution in [2.24, 2.45) is 29.0 Å². The molecule has 2 rings (SSSR count). The molecule has 34 heteroatoms. The Morgan fingerprint density at radius 3 is 1.58 bits per heavy atom. The van der Waals surface area contributed by atoms with Gasteiger partial charge in [-0.1, -0.05) is 27.7 Å². The minimum atomic E-state index is -1.74. The van der Waals surface area contributed by atoms with Crippen LogP contribution in [0.15, 0.2) is 25.0 Å². The van der Waals surface area contributed by atoms with E-state index in [0.717, 1.165) is 0 Å². The summed E-state index contributed by atoms with van der Waals surface area (Å²) in [5.74, 6) is -14.4. The van der Waals surface area contributed by atoms with Gasteiger partial charge in [-0.3, -0.25) is 62.3 Å². The van der Waals surface area contributed by atoms with Gasteiger partial charge in [0.05, 0.1) is 56.1 Å². The molecule has 466 valence electrons. The summed E-state index contributed by atoms with van der Waals surface area (Å²) in [4.78, 5) is 193. The lowest BCUT2D eigenvalue weighted by molar-refractivity contribution is -0.144. The van der Waals surface area contributed by atoms with E-state index in [2.05, 4.69) is 78.4 Å². The van der Waals surface area contributed by atoms with Crippen molar-refractivity contribution in [3.05, 3.63) is 36.4 Å². The molecule has 2 aromatic rings. The fraction of sp³-hybridized carbons (Fsp3) is 0.600. The fourth-order valence-electron chi connectivity index (χ4n) is 7.67. The van der Waals surface area contributed by atoms with Gasteiger partial charge in [-0.05, 0) is 64.3 Å². The monoisotopic (exact) mass is 1190 g/mol. The molecule has 0 spiro atoms. The number of rotatable bonds is 39. The van der Waals surface area contributed by atoms with E-state index in [4.69, 9.17) is 17.2 Å². The molecule has 0 aliphatic carbocycles. The zero-order chi connectivity index (χ0) is 63.2. The molecule has 12 amide bonds. The van der Waals surface area contributed by atoms with Crippen molar-refractivity contribution >= 4 is 82.8 Å². The second-order valence-electron chi connectivity index (χ2n) is 20.3. The van der Waals surface area contributed by atoms with Gasteiger partial charge < -0.3 is 95.9 Å². The van der Waals surface area contributed by atoms with Gasteiger partial charge >= 0.3 is 11.9 Å². The molecule has 2 aromatic heterocycles. The average molecular weight is 1190 g/mol. The number of primary amides is 1. The third kappa shape index (κ3) is 27.1. The minimum absolute atomic E-state index is 0.0407. The molecule has 0 saturated carbocycles. The molecule has 0 aromatic carbocycles. The van der Waals surface area contributed by atoms with Gasteiger partial charge in [0.1, 0.15) is 48.3 Å². The van der Waals surface area contributed by atoms with Crippen LogP contribution >= 0.6 is 0 Å². The zero-order valence-corrected chi connectivity index (χ0v) is 47.6. The number of carboxylic acid groups (broad SMARTS) is 2. The van der Waals surface area contributed by atoms with Crippen molar-refractivity contribution in [3.63, 3.8) is 0 Å². The summed E-state index contributed by atoms with van der Waals surface area (Å²) in [5.41, 5.74) is 18.0. The first-order valence-corrected chi connectivity index (χ1v) is 26.9. The molecule has 0 radical (unpaired) electrons. The number of carboxylic acids is 2. The summed E-state index contributed by atoms with van der Waals surface area (Å²) in [6, 6.07) is -12.3. The Kier molecular flexibility index (Phi) is 30.8. The SMILES string of the molecule is CC(C)C[C@H](NC(=O)[C@H](Cc1c[nH]cn1)NC(=O)[C@@H](N)Cc1c[nH]cn1)C(=O)NCC(=O)NCC(=O)N[C@@H](C)C(=O)N[C@@H](CCCCN)C(=O)N[C@@H](CCC(N)=O)C(=O)N[C@@H](C)C(=O)NCC(=O)N[C@@H](CC(=O)O)C(=O)N[C@H](C(=O)O)C(C)C. The number of amides is 12. The molecule has 0 bridgehead atoms. The Morgan fingerprint density at radius 2 is 1.02 bits per heavy atom. The van der Waals surface area contributed by atoms with Crippen LogP contribution in [0.2, 0.25) is 0 Å². The lowest BCUT2D eigenvalue weighted by atomic mass is 10.0. The summed E-state index contributed by atoms with van der Waals surface area (Å²) in [5, 5.41) is 44.7. The number of nitrogens with two attached hydrogens (primary N) is 3. The number of H-pyrrole nitrogens is 2. The number of aromatic nitrogens is 4. The second kappa shape index (κ2) is 36.4. The van der Waals surface area contributed by atoms with Gasteiger partial charge in [0.2, 0.25) is 70.9 Å². The molecular weight excluding hydrogens is 1110 g/mol. The van der Waals surface area contributed by atoms with E-state index in [1.165, 1.54) is 46.5 Å². The smallest absolute Gasteiger partial charge is 0.326 e. The highest BCUT2D eigenvalue weighted by molar-refractivity contribution is 5.98. The van der Waals surface area contributed by atoms with Crippen molar-refractivity contribution in [2.45, 2.75) is 154 Å². The van der Waals surface area contributed by atoms with Crippen LogP contribution in [0.5, 0.6) is 0 Å². The van der Waals surface area contributed by atoms with E-state index in [9.17, 15) is 77.3 Å². The Bertz CT molecular complexity index is 2580. The van der Waals surface area contributed by atoms with Crippen LogP contribution in [0, 0.1) is 11.8 Å². The molecular formula is C50H80N18O16. The first-order valence-electron chi connectivity index (χ1n) is 26.9. The summed E-state index contributed by atoms with van der Waals surface area (Å²) < 4.78 is 0. The predicted molar refractivity (Wildman–Crippen MR) is 294 cm³/mol. The average Bonchev–Trinajstić information content (AvgIpc) is 4.15. The molecule has 0 saturated heterocycles. The number of carbonyl (C=O) groups excluding carboxylic acids is 12.